The Hall–Kier alpha value is -1.66. The topological polar surface area (TPSA) is 0 Å². The zero-order chi connectivity index (χ0) is 18.6. The number of benzene rings is 3. The molecule has 0 N–H and O–H groups in total. The van der Waals surface area contributed by atoms with E-state index in [1.165, 1.54) is 43.8 Å². The Bertz CT molecular complexity index is 1140. The Labute approximate surface area is 211 Å². The van der Waals surface area contributed by atoms with E-state index >= 15 is 0 Å². The summed E-state index contributed by atoms with van der Waals surface area (Å²) in [6, 6.07) is 34.6. The van der Waals surface area contributed by atoms with Crippen molar-refractivity contribution in [3.05, 3.63) is 108 Å². The van der Waals surface area contributed by atoms with Crippen LogP contribution in [0.4, 0.5) is 0 Å². The molecule has 0 aromatic heterocycles. The van der Waals surface area contributed by atoms with Gasteiger partial charge in [0.15, 0.2) is 0 Å². The van der Waals surface area contributed by atoms with E-state index in [0.717, 1.165) is 6.42 Å². The first-order valence-corrected chi connectivity index (χ1v) is 9.60. The molecule has 0 fully saturated rings. The second-order valence-electron chi connectivity index (χ2n) is 7.05. The summed E-state index contributed by atoms with van der Waals surface area (Å²) in [7, 11) is 0. The third kappa shape index (κ3) is 5.95. The smallest absolute Gasteiger partial charge is 1.00 e. The summed E-state index contributed by atoms with van der Waals surface area (Å²) < 4.78 is 0. The van der Waals surface area contributed by atoms with E-state index in [1.807, 2.05) is 0 Å². The molecule has 0 spiro atoms. The second-order valence-corrected chi connectivity index (χ2v) is 7.05. The van der Waals surface area contributed by atoms with Crippen LogP contribution in [0.3, 0.4) is 0 Å². The number of rotatable bonds is 2. The van der Waals surface area contributed by atoms with E-state index in [9.17, 15) is 0 Å². The number of hydrogen-bond acceptors (Lipinski definition) is 0. The molecule has 150 valence electrons. The number of halogens is 2. The van der Waals surface area contributed by atoms with Gasteiger partial charge in [0.2, 0.25) is 0 Å². The summed E-state index contributed by atoms with van der Waals surface area (Å²) in [5, 5.41) is 5.42. The van der Waals surface area contributed by atoms with Crippen molar-refractivity contribution < 1.29 is 51.0 Å². The monoisotopic (exact) mass is 508 g/mol. The van der Waals surface area contributed by atoms with Gasteiger partial charge in [-0.1, -0.05) is 61.9 Å². The number of fused-ring (bicyclic) bond motifs is 2. The molecule has 0 nitrogen and oxygen atoms in total. The average Bonchev–Trinajstić information content (AvgIpc) is 3.31. The molecule has 0 amide bonds. The van der Waals surface area contributed by atoms with Crippen molar-refractivity contribution in [2.24, 2.45) is 0 Å². The molecule has 0 unspecified atom stereocenters. The molecular weight excluding hydrogens is 486 g/mol. The molecule has 0 aliphatic rings. The number of hydrogen-bond donors (Lipinski definition) is 0. The standard InChI is InChI=1S/C16H13.C11H11.2ClH.Zr/c1-12-10-14-8-5-9-15(16(14)11-12)13-6-3-2-4-7-13;1-2-9-7-10-5-3-4-6-11(10)8-9;;;/h2-11H,1H3;3-8H,2H2,1H3;2*1H;/q2*-1;;;+4/p-2. The molecule has 5 aromatic rings. The Kier molecular flexibility index (Phi) is 10.8. The summed E-state index contributed by atoms with van der Waals surface area (Å²) in [4.78, 5) is 0. The van der Waals surface area contributed by atoms with Gasteiger partial charge in [0, 0.05) is 0 Å². The molecule has 0 radical (unpaired) electrons. The van der Waals surface area contributed by atoms with Gasteiger partial charge in [-0.15, -0.1) is 75.1 Å². The Morgan fingerprint density at radius 3 is 2.07 bits per heavy atom. The summed E-state index contributed by atoms with van der Waals surface area (Å²) in [6.45, 7) is 4.34. The molecule has 0 aliphatic carbocycles. The molecule has 0 bridgehead atoms. The zero-order valence-corrected chi connectivity index (χ0v) is 21.2. The molecule has 30 heavy (non-hydrogen) atoms. The zero-order valence-electron chi connectivity index (χ0n) is 17.2. The van der Waals surface area contributed by atoms with Crippen LogP contribution < -0.4 is 24.8 Å². The molecule has 0 atom stereocenters. The van der Waals surface area contributed by atoms with E-state index < -0.39 is 0 Å². The predicted octanol–water partition coefficient (Wildman–Crippen LogP) is 1.66. The van der Waals surface area contributed by atoms with Gasteiger partial charge >= 0.3 is 26.2 Å². The van der Waals surface area contributed by atoms with Crippen LogP contribution in [0.5, 0.6) is 0 Å². The van der Waals surface area contributed by atoms with Crippen molar-refractivity contribution in [1.82, 2.24) is 0 Å². The largest absolute Gasteiger partial charge is 4.00 e. The van der Waals surface area contributed by atoms with Crippen molar-refractivity contribution in [3.63, 3.8) is 0 Å². The first kappa shape index (κ1) is 26.4. The SMILES string of the molecule is CCc1cc2ccccc2[cH-]1.Cc1cc2c(-c3ccccc3)cccc2[cH-]1.[Cl-].[Cl-].[Zr+4]. The van der Waals surface area contributed by atoms with Crippen molar-refractivity contribution in [2.45, 2.75) is 20.3 Å². The summed E-state index contributed by atoms with van der Waals surface area (Å²) in [6.07, 6.45) is 1.13. The minimum Gasteiger partial charge on any atom is -1.00 e. The van der Waals surface area contributed by atoms with E-state index in [2.05, 4.69) is 111 Å². The molecule has 5 rings (SSSR count). The van der Waals surface area contributed by atoms with Crippen LogP contribution in [0.2, 0.25) is 0 Å². The van der Waals surface area contributed by atoms with Gasteiger partial charge in [-0.3, -0.25) is 0 Å². The molecule has 0 saturated heterocycles. The second kappa shape index (κ2) is 12.3. The van der Waals surface area contributed by atoms with Crippen LogP contribution in [-0.4, -0.2) is 0 Å². The Balaban J connectivity index is 0.000000288. The van der Waals surface area contributed by atoms with E-state index in [1.54, 1.807) is 0 Å². The molecule has 0 aliphatic heterocycles. The van der Waals surface area contributed by atoms with Gasteiger partial charge in [-0.25, -0.2) is 0 Å². The normalized spacial score (nSPS) is 9.67. The summed E-state index contributed by atoms with van der Waals surface area (Å²) in [5.41, 5.74) is 5.38. The van der Waals surface area contributed by atoms with Crippen LogP contribution in [0.1, 0.15) is 18.1 Å². The van der Waals surface area contributed by atoms with E-state index in [-0.39, 0.29) is 51.0 Å². The first-order valence-electron chi connectivity index (χ1n) is 9.60. The van der Waals surface area contributed by atoms with Crippen LogP contribution in [0.25, 0.3) is 32.7 Å². The minimum absolute atomic E-state index is 0. The third-order valence-corrected chi connectivity index (χ3v) is 5.07. The molecular formula is C27H24Cl2Zr. The fraction of sp³-hybridized carbons (Fsp3) is 0.111. The van der Waals surface area contributed by atoms with Crippen LogP contribution >= 0.6 is 0 Å². The van der Waals surface area contributed by atoms with E-state index in [4.69, 9.17) is 0 Å². The maximum atomic E-state index is 2.26. The molecule has 0 heterocycles. The fourth-order valence-corrected chi connectivity index (χ4v) is 3.67. The van der Waals surface area contributed by atoms with Crippen LogP contribution in [0, 0.1) is 6.92 Å². The van der Waals surface area contributed by atoms with Gasteiger partial charge in [0.05, 0.1) is 0 Å². The number of aryl methyl sites for hydroxylation is 2. The maximum Gasteiger partial charge on any atom is 4.00 e. The Morgan fingerprint density at radius 1 is 0.700 bits per heavy atom. The predicted molar refractivity (Wildman–Crippen MR) is 119 cm³/mol. The minimum atomic E-state index is 0. The first-order chi connectivity index (χ1) is 13.2. The van der Waals surface area contributed by atoms with Crippen molar-refractivity contribution in [2.75, 3.05) is 0 Å². The average molecular weight is 511 g/mol. The maximum absolute atomic E-state index is 2.26. The molecule has 0 saturated carbocycles. The fourth-order valence-electron chi connectivity index (χ4n) is 3.67. The van der Waals surface area contributed by atoms with Crippen molar-refractivity contribution >= 4 is 21.5 Å². The van der Waals surface area contributed by atoms with Crippen molar-refractivity contribution in [3.8, 4) is 11.1 Å². The van der Waals surface area contributed by atoms with Gasteiger partial charge in [-0.2, -0.15) is 12.1 Å². The Morgan fingerprint density at radius 2 is 1.37 bits per heavy atom. The van der Waals surface area contributed by atoms with Gasteiger partial charge in [0.1, 0.15) is 0 Å². The van der Waals surface area contributed by atoms with Gasteiger partial charge in [-0.05, 0) is 12.0 Å². The summed E-state index contributed by atoms with van der Waals surface area (Å²) >= 11 is 0. The molecule has 5 aromatic carbocycles. The van der Waals surface area contributed by atoms with Crippen LogP contribution in [-0.2, 0) is 32.6 Å². The van der Waals surface area contributed by atoms with E-state index in [0.29, 0.717) is 0 Å². The quantitative estimate of drug-likeness (QED) is 0.317. The van der Waals surface area contributed by atoms with Gasteiger partial charge in [0.25, 0.3) is 0 Å². The third-order valence-electron chi connectivity index (χ3n) is 5.07. The summed E-state index contributed by atoms with van der Waals surface area (Å²) in [5.74, 6) is 0. The van der Waals surface area contributed by atoms with Crippen molar-refractivity contribution in [1.29, 1.82) is 0 Å². The molecule has 3 heteroatoms. The van der Waals surface area contributed by atoms with Gasteiger partial charge < -0.3 is 24.8 Å². The van der Waals surface area contributed by atoms with Crippen LogP contribution in [0.15, 0.2) is 97.1 Å².